The first-order valence-electron chi connectivity index (χ1n) is 7.77. The summed E-state index contributed by atoms with van der Waals surface area (Å²) in [5.74, 6) is 0.647. The highest BCUT2D eigenvalue weighted by molar-refractivity contribution is 7.89. The Morgan fingerprint density at radius 3 is 2.88 bits per heavy atom. The van der Waals surface area contributed by atoms with E-state index in [0.29, 0.717) is 23.9 Å². The minimum Gasteiger partial charge on any atom is -0.495 e. The first-order chi connectivity index (χ1) is 12.0. The van der Waals surface area contributed by atoms with Crippen LogP contribution in [-0.4, -0.2) is 49.0 Å². The van der Waals surface area contributed by atoms with E-state index in [1.807, 2.05) is 0 Å². The smallest absolute Gasteiger partial charge is 0.246 e. The van der Waals surface area contributed by atoms with Crippen molar-refractivity contribution in [2.75, 3.05) is 20.2 Å². The predicted molar refractivity (Wildman–Crippen MR) is 92.4 cm³/mol. The molecule has 3 rings (SSSR count). The molecule has 1 unspecified atom stereocenters. The van der Waals surface area contributed by atoms with Crippen molar-refractivity contribution in [3.63, 3.8) is 0 Å². The van der Waals surface area contributed by atoms with Crippen LogP contribution in [-0.2, 0) is 10.0 Å². The van der Waals surface area contributed by atoms with Gasteiger partial charge < -0.3 is 9.47 Å². The molecule has 1 aromatic heterocycles. The van der Waals surface area contributed by atoms with Crippen LogP contribution in [0.1, 0.15) is 12.8 Å². The fourth-order valence-electron chi connectivity index (χ4n) is 2.73. The van der Waals surface area contributed by atoms with Crippen molar-refractivity contribution in [3.05, 3.63) is 41.8 Å². The third-order valence-electron chi connectivity index (χ3n) is 3.91. The molecular weight excluding hydrogens is 366 g/mol. The highest BCUT2D eigenvalue weighted by Crippen LogP contribution is 2.31. The third kappa shape index (κ3) is 4.02. The molecule has 0 bridgehead atoms. The molecule has 0 N–H and O–H groups in total. The van der Waals surface area contributed by atoms with Crippen molar-refractivity contribution >= 4 is 21.6 Å². The van der Waals surface area contributed by atoms with Crippen molar-refractivity contribution in [3.8, 4) is 11.6 Å². The van der Waals surface area contributed by atoms with Crippen molar-refractivity contribution in [2.45, 2.75) is 23.8 Å². The number of halogens is 1. The number of rotatable bonds is 5. The van der Waals surface area contributed by atoms with E-state index in [4.69, 9.17) is 21.1 Å². The summed E-state index contributed by atoms with van der Waals surface area (Å²) < 4.78 is 38.4. The van der Waals surface area contributed by atoms with E-state index in [2.05, 4.69) is 9.97 Å². The summed E-state index contributed by atoms with van der Waals surface area (Å²) in [6.07, 6.45) is 5.74. The number of piperidine rings is 1. The summed E-state index contributed by atoms with van der Waals surface area (Å²) in [7, 11) is -2.32. The number of benzene rings is 1. The zero-order valence-corrected chi connectivity index (χ0v) is 15.2. The summed E-state index contributed by atoms with van der Waals surface area (Å²) in [5, 5.41) is 0.337. The molecule has 0 spiro atoms. The molecule has 0 amide bonds. The average molecular weight is 384 g/mol. The second kappa shape index (κ2) is 7.55. The van der Waals surface area contributed by atoms with Gasteiger partial charge in [-0.15, -0.1) is 0 Å². The normalized spacial score (nSPS) is 18.7. The number of methoxy groups -OCH3 is 1. The number of sulfonamides is 1. The van der Waals surface area contributed by atoms with Crippen molar-refractivity contribution < 1.29 is 17.9 Å². The maximum Gasteiger partial charge on any atom is 0.246 e. The van der Waals surface area contributed by atoms with E-state index in [1.165, 1.54) is 29.9 Å². The minimum atomic E-state index is -3.74. The van der Waals surface area contributed by atoms with Crippen LogP contribution in [0.5, 0.6) is 11.6 Å². The van der Waals surface area contributed by atoms with Crippen LogP contribution in [0.4, 0.5) is 0 Å². The zero-order chi connectivity index (χ0) is 17.9. The second-order valence-corrected chi connectivity index (χ2v) is 7.93. The number of hydrogen-bond donors (Lipinski definition) is 0. The van der Waals surface area contributed by atoms with Crippen LogP contribution >= 0.6 is 11.6 Å². The molecule has 2 aromatic rings. The topological polar surface area (TPSA) is 81.6 Å². The van der Waals surface area contributed by atoms with Crippen molar-refractivity contribution in [1.29, 1.82) is 0 Å². The lowest BCUT2D eigenvalue weighted by molar-refractivity contribution is 0.124. The van der Waals surface area contributed by atoms with Crippen LogP contribution in [0, 0.1) is 0 Å². The summed E-state index contributed by atoms with van der Waals surface area (Å²) in [5.41, 5.74) is 0. The molecule has 7 nitrogen and oxygen atoms in total. The monoisotopic (exact) mass is 383 g/mol. The summed E-state index contributed by atoms with van der Waals surface area (Å²) in [6.45, 7) is 0.646. The van der Waals surface area contributed by atoms with Gasteiger partial charge in [0.25, 0.3) is 0 Å². The van der Waals surface area contributed by atoms with E-state index in [-0.39, 0.29) is 23.3 Å². The van der Waals surface area contributed by atoms with E-state index >= 15 is 0 Å². The number of nitrogens with zero attached hydrogens (tertiary/aromatic N) is 3. The fraction of sp³-hybridized carbons (Fsp3) is 0.375. The minimum absolute atomic E-state index is 0.0580. The van der Waals surface area contributed by atoms with Crippen LogP contribution < -0.4 is 9.47 Å². The Hall–Kier alpha value is -1.90. The quantitative estimate of drug-likeness (QED) is 0.788. The Balaban J connectivity index is 1.81. The van der Waals surface area contributed by atoms with Crippen molar-refractivity contribution in [1.82, 2.24) is 14.3 Å². The number of hydrogen-bond acceptors (Lipinski definition) is 6. The Labute approximate surface area is 151 Å². The summed E-state index contributed by atoms with van der Waals surface area (Å²) >= 11 is 5.98. The Morgan fingerprint density at radius 2 is 2.16 bits per heavy atom. The van der Waals surface area contributed by atoms with Crippen LogP contribution in [0.3, 0.4) is 0 Å². The molecule has 134 valence electrons. The van der Waals surface area contributed by atoms with Gasteiger partial charge in [0.15, 0.2) is 0 Å². The van der Waals surface area contributed by atoms with E-state index in [1.54, 1.807) is 18.3 Å². The van der Waals surface area contributed by atoms with Crippen LogP contribution in [0.15, 0.2) is 41.7 Å². The lowest BCUT2D eigenvalue weighted by Gasteiger charge is -2.32. The average Bonchev–Trinajstić information content (AvgIpc) is 2.63. The van der Waals surface area contributed by atoms with E-state index < -0.39 is 10.0 Å². The molecule has 1 aromatic carbocycles. The lowest BCUT2D eigenvalue weighted by Crippen LogP contribution is -2.44. The fourth-order valence-corrected chi connectivity index (χ4v) is 4.66. The third-order valence-corrected chi connectivity index (χ3v) is 6.03. The van der Waals surface area contributed by atoms with Crippen molar-refractivity contribution in [2.24, 2.45) is 0 Å². The first-order valence-corrected chi connectivity index (χ1v) is 9.59. The maximum atomic E-state index is 13.0. The lowest BCUT2D eigenvalue weighted by atomic mass is 10.1. The largest absolute Gasteiger partial charge is 0.495 e. The molecule has 1 saturated heterocycles. The number of ether oxygens (including phenoxy) is 2. The molecule has 1 fully saturated rings. The van der Waals surface area contributed by atoms with Gasteiger partial charge in [-0.1, -0.05) is 11.6 Å². The summed E-state index contributed by atoms with van der Waals surface area (Å²) in [6, 6.07) is 4.55. The number of aromatic nitrogens is 2. The molecule has 1 aliphatic rings. The molecule has 1 aliphatic heterocycles. The van der Waals surface area contributed by atoms with Gasteiger partial charge in [-0.25, -0.2) is 13.4 Å². The summed E-state index contributed by atoms with van der Waals surface area (Å²) in [4.78, 5) is 8.07. The first kappa shape index (κ1) is 17.9. The standard InChI is InChI=1S/C16H18ClN3O4S/c1-23-14-5-4-12(17)9-15(14)25(21,22)20-8-2-3-13(11-20)24-16-10-18-6-7-19-16/h4-7,9-10,13H,2-3,8,11H2,1H3. The Bertz CT molecular complexity index is 833. The van der Waals surface area contributed by atoms with Gasteiger partial charge in [0.1, 0.15) is 16.7 Å². The molecule has 0 radical (unpaired) electrons. The molecule has 1 atom stereocenters. The predicted octanol–water partition coefficient (Wildman–Crippen LogP) is 2.37. The van der Waals surface area contributed by atoms with Gasteiger partial charge in [-0.2, -0.15) is 4.31 Å². The Morgan fingerprint density at radius 1 is 1.32 bits per heavy atom. The van der Waals surface area contributed by atoms with Crippen LogP contribution in [0.25, 0.3) is 0 Å². The van der Waals surface area contributed by atoms with Gasteiger partial charge in [-0.3, -0.25) is 4.98 Å². The maximum absolute atomic E-state index is 13.0. The second-order valence-electron chi connectivity index (χ2n) is 5.58. The molecule has 2 heterocycles. The molecule has 0 aliphatic carbocycles. The van der Waals surface area contributed by atoms with E-state index in [0.717, 1.165) is 6.42 Å². The Kier molecular flexibility index (Phi) is 5.41. The van der Waals surface area contributed by atoms with Gasteiger partial charge in [-0.05, 0) is 31.0 Å². The van der Waals surface area contributed by atoms with Gasteiger partial charge >= 0.3 is 0 Å². The molecular formula is C16H18ClN3O4S. The van der Waals surface area contributed by atoms with Crippen LogP contribution in [0.2, 0.25) is 5.02 Å². The van der Waals surface area contributed by atoms with Gasteiger partial charge in [0.2, 0.25) is 15.9 Å². The highest BCUT2D eigenvalue weighted by Gasteiger charge is 2.33. The highest BCUT2D eigenvalue weighted by atomic mass is 35.5. The molecule has 9 heteroatoms. The zero-order valence-electron chi connectivity index (χ0n) is 13.6. The SMILES string of the molecule is COc1ccc(Cl)cc1S(=O)(=O)N1CCCC(Oc2cnccn2)C1. The molecule has 0 saturated carbocycles. The van der Waals surface area contributed by atoms with Gasteiger partial charge in [0.05, 0.1) is 19.9 Å². The van der Waals surface area contributed by atoms with Gasteiger partial charge in [0, 0.05) is 24.0 Å². The van der Waals surface area contributed by atoms with E-state index in [9.17, 15) is 8.42 Å². The molecule has 25 heavy (non-hydrogen) atoms.